The molecule has 112 valence electrons. The lowest BCUT2D eigenvalue weighted by atomic mass is 10.1. The van der Waals surface area contributed by atoms with Gasteiger partial charge in [0, 0.05) is 34.8 Å². The van der Waals surface area contributed by atoms with Crippen molar-refractivity contribution in [2.75, 3.05) is 6.54 Å². The molecule has 0 aliphatic carbocycles. The third kappa shape index (κ3) is 2.83. The fraction of sp³-hybridized carbons (Fsp3) is 0.438. The Kier molecular flexibility index (Phi) is 4.25. The van der Waals surface area contributed by atoms with Crippen molar-refractivity contribution in [2.45, 2.75) is 39.9 Å². The number of halogens is 1. The first-order chi connectivity index (χ1) is 9.97. The summed E-state index contributed by atoms with van der Waals surface area (Å²) in [5.41, 5.74) is 5.22. The van der Waals surface area contributed by atoms with E-state index in [9.17, 15) is 0 Å². The number of hydrogen-bond acceptors (Lipinski definition) is 2. The molecule has 1 aliphatic rings. The lowest BCUT2D eigenvalue weighted by Gasteiger charge is -2.26. The molecule has 1 atom stereocenters. The minimum atomic E-state index is 0.467. The molecule has 0 saturated heterocycles. The number of benzene rings is 1. The number of imidazole rings is 1. The third-order valence-electron chi connectivity index (χ3n) is 4.15. The summed E-state index contributed by atoms with van der Waals surface area (Å²) in [7, 11) is 0. The van der Waals surface area contributed by atoms with Crippen LogP contribution in [-0.4, -0.2) is 27.0 Å². The van der Waals surface area contributed by atoms with Crippen LogP contribution in [0.5, 0.6) is 0 Å². The molecule has 0 unspecified atom stereocenters. The highest BCUT2D eigenvalue weighted by Gasteiger charge is 2.23. The van der Waals surface area contributed by atoms with Crippen LogP contribution in [0.1, 0.15) is 26.3 Å². The molecule has 0 saturated carbocycles. The Morgan fingerprint density at radius 2 is 2.24 bits per heavy atom. The fourth-order valence-electron chi connectivity index (χ4n) is 2.91. The van der Waals surface area contributed by atoms with Crippen LogP contribution in [0.4, 0.5) is 0 Å². The molecule has 0 spiro atoms. The average Bonchev–Trinajstić information content (AvgIpc) is 2.64. The topological polar surface area (TPSA) is 24.0 Å². The second-order valence-electron chi connectivity index (χ2n) is 6.02. The fourth-order valence-corrected chi connectivity index (χ4v) is 3.79. The van der Waals surface area contributed by atoms with E-state index in [0.717, 1.165) is 29.9 Å². The Bertz CT molecular complexity index is 768. The van der Waals surface area contributed by atoms with Crippen LogP contribution < -0.4 is 0 Å². The molecular weight excluding hydrogens is 393 g/mol. The van der Waals surface area contributed by atoms with Crippen molar-refractivity contribution in [3.63, 3.8) is 0 Å². The molecule has 0 amide bonds. The molecule has 1 aliphatic heterocycles. The largest absolute Gasteiger partial charge is 0.331 e. The van der Waals surface area contributed by atoms with E-state index in [1.54, 1.807) is 0 Å². The van der Waals surface area contributed by atoms with Gasteiger partial charge in [0.2, 0.25) is 0 Å². The van der Waals surface area contributed by atoms with Crippen molar-refractivity contribution in [3.05, 3.63) is 37.7 Å². The number of nitrogens with zero attached hydrogens (tertiary/aromatic N) is 2. The Labute approximate surface area is 144 Å². The van der Waals surface area contributed by atoms with Gasteiger partial charge in [0.15, 0.2) is 4.77 Å². The van der Waals surface area contributed by atoms with Crippen molar-refractivity contribution in [1.82, 2.24) is 14.5 Å². The summed E-state index contributed by atoms with van der Waals surface area (Å²) in [5, 5.41) is 0. The number of nitrogens with one attached hydrogen (secondary N) is 1. The van der Waals surface area contributed by atoms with E-state index >= 15 is 0 Å². The smallest absolute Gasteiger partial charge is 0.178 e. The average molecular weight is 413 g/mol. The number of aromatic nitrogens is 2. The van der Waals surface area contributed by atoms with E-state index in [1.165, 1.54) is 20.2 Å². The quantitative estimate of drug-likeness (QED) is 0.446. The summed E-state index contributed by atoms with van der Waals surface area (Å²) in [4.78, 5) is 5.88. The molecule has 2 heterocycles. The third-order valence-corrected chi connectivity index (χ3v) is 5.48. The minimum absolute atomic E-state index is 0.467. The second kappa shape index (κ2) is 5.85. The van der Waals surface area contributed by atoms with Crippen LogP contribution in [0.2, 0.25) is 0 Å². The van der Waals surface area contributed by atoms with Gasteiger partial charge in [-0.25, -0.2) is 0 Å². The predicted molar refractivity (Wildman–Crippen MR) is 99.1 cm³/mol. The maximum absolute atomic E-state index is 5.52. The van der Waals surface area contributed by atoms with Gasteiger partial charge in [-0.1, -0.05) is 11.6 Å². The van der Waals surface area contributed by atoms with Gasteiger partial charge in [0.25, 0.3) is 0 Å². The van der Waals surface area contributed by atoms with Crippen LogP contribution >= 0.6 is 34.8 Å². The molecule has 1 aromatic heterocycles. The highest BCUT2D eigenvalue weighted by Crippen LogP contribution is 2.29. The lowest BCUT2D eigenvalue weighted by molar-refractivity contribution is 0.210. The Balaban J connectivity index is 2.12. The van der Waals surface area contributed by atoms with Crippen molar-refractivity contribution >= 4 is 45.8 Å². The standard InChI is InChI=1S/C16H20IN3S/c1-10(2)6-7-19-9-12-13(17)4-5-14-15(12)20(8-11(19)3)16(21)18-14/h4-6,11H,7-9H2,1-3H3,(H,18,21)/t11-/m0/s1. The van der Waals surface area contributed by atoms with Gasteiger partial charge in [-0.3, -0.25) is 4.90 Å². The van der Waals surface area contributed by atoms with E-state index in [0.29, 0.717) is 6.04 Å². The number of allylic oxidation sites excluding steroid dienone is 1. The van der Waals surface area contributed by atoms with Crippen molar-refractivity contribution < 1.29 is 0 Å². The predicted octanol–water partition coefficient (Wildman–Crippen LogP) is 4.47. The van der Waals surface area contributed by atoms with Crippen LogP contribution in [0.25, 0.3) is 11.0 Å². The first kappa shape index (κ1) is 15.2. The van der Waals surface area contributed by atoms with Crippen molar-refractivity contribution in [2.24, 2.45) is 0 Å². The van der Waals surface area contributed by atoms with E-state index in [4.69, 9.17) is 12.2 Å². The Hall–Kier alpha value is -0.660. The normalized spacial score (nSPS) is 18.8. The summed E-state index contributed by atoms with van der Waals surface area (Å²) in [6.07, 6.45) is 2.31. The summed E-state index contributed by atoms with van der Waals surface area (Å²) in [5.74, 6) is 0. The van der Waals surface area contributed by atoms with E-state index in [1.807, 2.05) is 0 Å². The molecule has 0 fully saturated rings. The van der Waals surface area contributed by atoms with Crippen LogP contribution in [-0.2, 0) is 13.1 Å². The molecule has 3 nitrogen and oxygen atoms in total. The van der Waals surface area contributed by atoms with Crippen LogP contribution in [0.3, 0.4) is 0 Å². The van der Waals surface area contributed by atoms with Crippen LogP contribution in [0.15, 0.2) is 23.8 Å². The lowest BCUT2D eigenvalue weighted by Crippen LogP contribution is -2.34. The molecule has 2 aromatic rings. The van der Waals surface area contributed by atoms with Gasteiger partial charge in [-0.05, 0) is 67.7 Å². The highest BCUT2D eigenvalue weighted by atomic mass is 127. The molecule has 3 rings (SSSR count). The summed E-state index contributed by atoms with van der Waals surface area (Å²) in [6.45, 7) is 9.53. The minimum Gasteiger partial charge on any atom is -0.331 e. The van der Waals surface area contributed by atoms with Gasteiger partial charge in [0.05, 0.1) is 11.0 Å². The monoisotopic (exact) mass is 413 g/mol. The first-order valence-electron chi connectivity index (χ1n) is 7.24. The second-order valence-corrected chi connectivity index (χ2v) is 7.57. The zero-order valence-corrected chi connectivity index (χ0v) is 15.6. The Morgan fingerprint density at radius 3 is 2.95 bits per heavy atom. The van der Waals surface area contributed by atoms with Crippen LogP contribution in [0, 0.1) is 8.34 Å². The SMILES string of the molecule is CC(C)=CCN1Cc2c(I)ccc3[nH]c(=S)n(c23)C[C@@H]1C. The zero-order valence-electron chi connectivity index (χ0n) is 12.6. The molecule has 0 bridgehead atoms. The maximum atomic E-state index is 5.52. The van der Waals surface area contributed by atoms with Gasteiger partial charge in [0.1, 0.15) is 0 Å². The highest BCUT2D eigenvalue weighted by molar-refractivity contribution is 14.1. The van der Waals surface area contributed by atoms with Crippen molar-refractivity contribution in [3.8, 4) is 0 Å². The van der Waals surface area contributed by atoms with E-state index in [2.05, 4.69) is 76.0 Å². The maximum Gasteiger partial charge on any atom is 0.178 e. The van der Waals surface area contributed by atoms with Gasteiger partial charge in [-0.2, -0.15) is 0 Å². The van der Waals surface area contributed by atoms with E-state index < -0.39 is 0 Å². The number of rotatable bonds is 2. The van der Waals surface area contributed by atoms with Gasteiger partial charge >= 0.3 is 0 Å². The Morgan fingerprint density at radius 1 is 1.48 bits per heavy atom. The number of hydrogen-bond donors (Lipinski definition) is 1. The molecule has 0 radical (unpaired) electrons. The molecule has 5 heteroatoms. The zero-order chi connectivity index (χ0) is 15.1. The summed E-state index contributed by atoms with van der Waals surface area (Å²) < 4.78 is 4.43. The first-order valence-corrected chi connectivity index (χ1v) is 8.73. The molecular formula is C16H20IN3S. The molecule has 21 heavy (non-hydrogen) atoms. The van der Waals surface area contributed by atoms with Gasteiger partial charge in [-0.15, -0.1) is 0 Å². The number of H-pyrrole nitrogens is 1. The molecule has 1 aromatic carbocycles. The summed E-state index contributed by atoms with van der Waals surface area (Å²) >= 11 is 7.96. The number of aromatic amines is 1. The van der Waals surface area contributed by atoms with Gasteiger partial charge < -0.3 is 9.55 Å². The van der Waals surface area contributed by atoms with E-state index in [-0.39, 0.29) is 0 Å². The van der Waals surface area contributed by atoms with Crippen molar-refractivity contribution in [1.29, 1.82) is 0 Å². The summed E-state index contributed by atoms with van der Waals surface area (Å²) in [6, 6.07) is 4.79. The molecule has 1 N–H and O–H groups in total.